The average molecular weight is 342 g/mol. The second kappa shape index (κ2) is 6.51. The van der Waals surface area contributed by atoms with Crippen molar-refractivity contribution in [3.8, 4) is 5.75 Å². The molecular weight excluding hydrogens is 312 g/mol. The van der Waals surface area contributed by atoms with Crippen molar-refractivity contribution in [2.24, 2.45) is 0 Å². The standard InChI is InChI=1S/C22H30O3/c1-13(2)16-7-10-19-17(21(16)24-6)8-9-18-14(3)20(25-15(4)23)11-12-22(18,19)5/h7,10,13,20H,8-9,11-12H2,1-6H3/t20-,22-/m1/s1. The third kappa shape index (κ3) is 2.88. The minimum atomic E-state index is -0.187. The number of carbonyl (C=O) groups excluding carboxylic acids is 1. The molecule has 0 aliphatic heterocycles. The molecule has 0 radical (unpaired) electrons. The molecule has 3 rings (SSSR count). The van der Waals surface area contributed by atoms with Crippen molar-refractivity contribution < 1.29 is 14.3 Å². The molecule has 1 aromatic carbocycles. The maximum absolute atomic E-state index is 11.4. The first-order valence-corrected chi connectivity index (χ1v) is 9.37. The molecule has 25 heavy (non-hydrogen) atoms. The van der Waals surface area contributed by atoms with Crippen LogP contribution in [0.15, 0.2) is 23.3 Å². The summed E-state index contributed by atoms with van der Waals surface area (Å²) in [5.41, 5.74) is 6.80. The highest BCUT2D eigenvalue weighted by Gasteiger charge is 2.43. The van der Waals surface area contributed by atoms with Gasteiger partial charge in [0.2, 0.25) is 0 Å². The predicted molar refractivity (Wildman–Crippen MR) is 100 cm³/mol. The Morgan fingerprint density at radius 2 is 2.00 bits per heavy atom. The fourth-order valence-electron chi connectivity index (χ4n) is 4.89. The van der Waals surface area contributed by atoms with Crippen LogP contribution in [-0.4, -0.2) is 19.2 Å². The van der Waals surface area contributed by atoms with Crippen molar-refractivity contribution in [2.45, 2.75) is 77.7 Å². The van der Waals surface area contributed by atoms with Crippen molar-refractivity contribution >= 4 is 5.97 Å². The molecular formula is C22H30O3. The van der Waals surface area contributed by atoms with Crippen LogP contribution in [0, 0.1) is 0 Å². The summed E-state index contributed by atoms with van der Waals surface area (Å²) >= 11 is 0. The number of methoxy groups -OCH3 is 1. The summed E-state index contributed by atoms with van der Waals surface area (Å²) < 4.78 is 11.4. The van der Waals surface area contributed by atoms with Crippen LogP contribution in [0.4, 0.5) is 0 Å². The van der Waals surface area contributed by atoms with Gasteiger partial charge in [-0.05, 0) is 60.8 Å². The minimum absolute atomic E-state index is 0.0249. The number of esters is 1. The fourth-order valence-corrected chi connectivity index (χ4v) is 4.89. The molecule has 0 saturated carbocycles. The molecule has 1 aromatic rings. The summed E-state index contributed by atoms with van der Waals surface area (Å²) in [4.78, 5) is 11.4. The number of benzene rings is 1. The minimum Gasteiger partial charge on any atom is -0.496 e. The fraction of sp³-hybridized carbons (Fsp3) is 0.591. The molecule has 0 amide bonds. The van der Waals surface area contributed by atoms with Crippen molar-refractivity contribution in [1.82, 2.24) is 0 Å². The first-order chi connectivity index (χ1) is 11.8. The largest absolute Gasteiger partial charge is 0.496 e. The van der Waals surface area contributed by atoms with Gasteiger partial charge in [-0.15, -0.1) is 0 Å². The maximum Gasteiger partial charge on any atom is 0.303 e. The molecule has 2 aliphatic carbocycles. The molecule has 0 unspecified atom stereocenters. The Bertz CT molecular complexity index is 729. The Morgan fingerprint density at radius 1 is 1.28 bits per heavy atom. The lowest BCUT2D eigenvalue weighted by atomic mass is 9.60. The topological polar surface area (TPSA) is 35.5 Å². The van der Waals surface area contributed by atoms with Crippen LogP contribution in [0.1, 0.15) is 76.5 Å². The third-order valence-electron chi connectivity index (χ3n) is 6.18. The van der Waals surface area contributed by atoms with Crippen LogP contribution in [0.3, 0.4) is 0 Å². The zero-order valence-corrected chi connectivity index (χ0v) is 16.4. The van der Waals surface area contributed by atoms with Crippen LogP contribution in [0.25, 0.3) is 0 Å². The van der Waals surface area contributed by atoms with E-state index in [0.717, 1.165) is 31.4 Å². The summed E-state index contributed by atoms with van der Waals surface area (Å²) in [5, 5.41) is 0. The summed E-state index contributed by atoms with van der Waals surface area (Å²) in [6, 6.07) is 4.55. The molecule has 0 saturated heterocycles. The van der Waals surface area contributed by atoms with Gasteiger partial charge in [0.05, 0.1) is 7.11 Å². The Labute approximate surface area is 151 Å². The SMILES string of the molecule is COc1c(C(C)C)ccc2c1CCC1=C(C)[C@H](OC(C)=O)CC[C@]12C. The lowest BCUT2D eigenvalue weighted by Gasteiger charge is -2.45. The van der Waals surface area contributed by atoms with Crippen LogP contribution >= 0.6 is 0 Å². The smallest absolute Gasteiger partial charge is 0.303 e. The van der Waals surface area contributed by atoms with Gasteiger partial charge in [0, 0.05) is 12.3 Å². The summed E-state index contributed by atoms with van der Waals surface area (Å²) in [6.45, 7) is 10.4. The van der Waals surface area contributed by atoms with E-state index >= 15 is 0 Å². The monoisotopic (exact) mass is 342 g/mol. The lowest BCUT2D eigenvalue weighted by molar-refractivity contribution is -0.145. The van der Waals surface area contributed by atoms with Crippen LogP contribution in [0.5, 0.6) is 5.75 Å². The first-order valence-electron chi connectivity index (χ1n) is 9.37. The van der Waals surface area contributed by atoms with E-state index in [2.05, 4.69) is 39.8 Å². The zero-order chi connectivity index (χ0) is 18.4. The number of hydrogen-bond acceptors (Lipinski definition) is 3. The molecule has 136 valence electrons. The average Bonchev–Trinajstić information content (AvgIpc) is 2.56. The molecule has 2 aliphatic rings. The van der Waals surface area contributed by atoms with Crippen molar-refractivity contribution in [2.75, 3.05) is 7.11 Å². The Balaban J connectivity index is 2.11. The van der Waals surface area contributed by atoms with E-state index in [9.17, 15) is 4.79 Å². The van der Waals surface area contributed by atoms with Gasteiger partial charge in [0.1, 0.15) is 11.9 Å². The van der Waals surface area contributed by atoms with E-state index in [-0.39, 0.29) is 17.5 Å². The van der Waals surface area contributed by atoms with E-state index < -0.39 is 0 Å². The maximum atomic E-state index is 11.4. The number of fused-ring (bicyclic) bond motifs is 3. The second-order valence-corrected chi connectivity index (χ2v) is 8.00. The number of ether oxygens (including phenoxy) is 2. The molecule has 0 fully saturated rings. The van der Waals surface area contributed by atoms with Crippen LogP contribution in [-0.2, 0) is 21.4 Å². The van der Waals surface area contributed by atoms with Gasteiger partial charge in [-0.25, -0.2) is 0 Å². The van der Waals surface area contributed by atoms with Crippen molar-refractivity contribution in [1.29, 1.82) is 0 Å². The van der Waals surface area contributed by atoms with E-state index in [4.69, 9.17) is 9.47 Å². The molecule has 3 heteroatoms. The molecule has 0 heterocycles. The first kappa shape index (κ1) is 18.0. The van der Waals surface area contributed by atoms with E-state index in [1.54, 1.807) is 7.11 Å². The molecule has 0 N–H and O–H groups in total. The second-order valence-electron chi connectivity index (χ2n) is 8.00. The van der Waals surface area contributed by atoms with Gasteiger partial charge in [-0.3, -0.25) is 4.79 Å². The van der Waals surface area contributed by atoms with E-state index in [1.807, 2.05) is 0 Å². The van der Waals surface area contributed by atoms with Crippen LogP contribution < -0.4 is 4.74 Å². The highest BCUT2D eigenvalue weighted by atomic mass is 16.5. The van der Waals surface area contributed by atoms with Gasteiger partial charge in [0.25, 0.3) is 0 Å². The molecule has 2 atom stereocenters. The van der Waals surface area contributed by atoms with Gasteiger partial charge in [0.15, 0.2) is 0 Å². The third-order valence-corrected chi connectivity index (χ3v) is 6.18. The molecule has 0 spiro atoms. The highest BCUT2D eigenvalue weighted by molar-refractivity contribution is 5.67. The van der Waals surface area contributed by atoms with E-state index in [1.165, 1.54) is 34.8 Å². The summed E-state index contributed by atoms with van der Waals surface area (Å²) in [7, 11) is 1.79. The number of allylic oxidation sites excluding steroid dienone is 1. The van der Waals surface area contributed by atoms with Gasteiger partial charge in [-0.1, -0.05) is 38.5 Å². The van der Waals surface area contributed by atoms with Crippen molar-refractivity contribution in [3.63, 3.8) is 0 Å². The zero-order valence-electron chi connectivity index (χ0n) is 16.4. The van der Waals surface area contributed by atoms with E-state index in [0.29, 0.717) is 5.92 Å². The predicted octanol–water partition coefficient (Wildman–Crippen LogP) is 5.06. The highest BCUT2D eigenvalue weighted by Crippen LogP contribution is 2.52. The Morgan fingerprint density at radius 3 is 2.60 bits per heavy atom. The Hall–Kier alpha value is -1.77. The van der Waals surface area contributed by atoms with Crippen molar-refractivity contribution in [3.05, 3.63) is 40.0 Å². The number of rotatable bonds is 3. The summed E-state index contributed by atoms with van der Waals surface area (Å²) in [5.74, 6) is 1.34. The lowest BCUT2D eigenvalue weighted by Crippen LogP contribution is -2.38. The number of carbonyl (C=O) groups is 1. The quantitative estimate of drug-likeness (QED) is 0.568. The van der Waals surface area contributed by atoms with Gasteiger partial charge in [-0.2, -0.15) is 0 Å². The van der Waals surface area contributed by atoms with Crippen LogP contribution in [0.2, 0.25) is 0 Å². The molecule has 0 bridgehead atoms. The molecule has 3 nitrogen and oxygen atoms in total. The Kier molecular flexibility index (Phi) is 4.70. The number of hydrogen-bond donors (Lipinski definition) is 0. The van der Waals surface area contributed by atoms with Gasteiger partial charge < -0.3 is 9.47 Å². The normalized spacial score (nSPS) is 25.5. The molecule has 0 aromatic heterocycles. The summed E-state index contributed by atoms with van der Waals surface area (Å²) in [6.07, 6.45) is 3.85. The van der Waals surface area contributed by atoms with Gasteiger partial charge >= 0.3 is 5.97 Å².